The van der Waals surface area contributed by atoms with E-state index in [2.05, 4.69) is 9.88 Å². The van der Waals surface area contributed by atoms with Crippen molar-refractivity contribution in [2.45, 2.75) is 57.5 Å². The Hall–Kier alpha value is -2.26. The quantitative estimate of drug-likeness (QED) is 0.819. The maximum atomic E-state index is 13.5. The average Bonchev–Trinajstić information content (AvgIpc) is 2.84. The maximum Gasteiger partial charge on any atom is 0.241 e. The number of aryl methyl sites for hydroxylation is 3. The molecule has 1 fully saturated rings. The van der Waals surface area contributed by atoms with Gasteiger partial charge in [-0.2, -0.15) is 0 Å². The Morgan fingerprint density at radius 3 is 2.71 bits per heavy atom. The fraction of sp³-hybridized carbons (Fsp3) is 0.474. The lowest BCUT2D eigenvalue weighted by atomic mass is 10.1. The molecule has 1 N–H and O–H groups in total. The number of sulfonamides is 1. The van der Waals surface area contributed by atoms with Crippen molar-refractivity contribution in [3.63, 3.8) is 0 Å². The summed E-state index contributed by atoms with van der Waals surface area (Å²) < 4.78 is 46.7. The normalized spacial score (nSPS) is 18.4. The summed E-state index contributed by atoms with van der Waals surface area (Å²) in [6.07, 6.45) is 1.10. The maximum absolute atomic E-state index is 13.5. The molecule has 1 saturated heterocycles. The minimum Gasteiger partial charge on any atom is -0.361 e. The van der Waals surface area contributed by atoms with Crippen molar-refractivity contribution in [1.29, 1.82) is 0 Å². The van der Waals surface area contributed by atoms with Crippen LogP contribution in [0.25, 0.3) is 0 Å². The summed E-state index contributed by atoms with van der Waals surface area (Å²) in [6, 6.07) is 3.28. The van der Waals surface area contributed by atoms with Crippen LogP contribution in [0.2, 0.25) is 0 Å². The van der Waals surface area contributed by atoms with Gasteiger partial charge in [-0.25, -0.2) is 17.5 Å². The zero-order chi connectivity index (χ0) is 20.5. The van der Waals surface area contributed by atoms with Gasteiger partial charge in [0.25, 0.3) is 0 Å². The van der Waals surface area contributed by atoms with Crippen LogP contribution >= 0.6 is 0 Å². The zero-order valence-electron chi connectivity index (χ0n) is 16.2. The molecule has 7 nitrogen and oxygen atoms in total. The van der Waals surface area contributed by atoms with Gasteiger partial charge in [-0.15, -0.1) is 0 Å². The molecule has 1 aliphatic heterocycles. The van der Waals surface area contributed by atoms with Crippen molar-refractivity contribution in [2.24, 2.45) is 0 Å². The Morgan fingerprint density at radius 1 is 1.29 bits per heavy atom. The van der Waals surface area contributed by atoms with E-state index in [1.165, 1.54) is 12.1 Å². The van der Waals surface area contributed by atoms with Gasteiger partial charge in [0.2, 0.25) is 15.9 Å². The second-order valence-corrected chi connectivity index (χ2v) is 8.86. The standard InChI is InChI=1S/C19H24FN3O4S/c1-12-4-5-15(20)10-18(12)28(25,26)22-16-6-7-19(24)23(9-8-16)11-17-13(2)21-27-14(17)3/h4-5,10,16,22H,6-9,11H2,1-3H3. The molecule has 28 heavy (non-hydrogen) atoms. The first-order valence-corrected chi connectivity index (χ1v) is 10.6. The molecule has 2 aromatic rings. The van der Waals surface area contributed by atoms with Crippen LogP contribution in [-0.2, 0) is 21.4 Å². The molecule has 152 valence electrons. The highest BCUT2D eigenvalue weighted by Gasteiger charge is 2.28. The minimum absolute atomic E-state index is 0.0383. The highest BCUT2D eigenvalue weighted by molar-refractivity contribution is 7.89. The van der Waals surface area contributed by atoms with Crippen molar-refractivity contribution >= 4 is 15.9 Å². The summed E-state index contributed by atoms with van der Waals surface area (Å²) in [5, 5.41) is 3.91. The van der Waals surface area contributed by atoms with E-state index < -0.39 is 21.9 Å². The summed E-state index contributed by atoms with van der Waals surface area (Å²) in [5.74, 6) is 0.0321. The van der Waals surface area contributed by atoms with Crippen LogP contribution in [0.3, 0.4) is 0 Å². The number of nitrogens with zero attached hydrogens (tertiary/aromatic N) is 2. The number of hydrogen-bond donors (Lipinski definition) is 1. The van der Waals surface area contributed by atoms with E-state index in [9.17, 15) is 17.6 Å². The first-order valence-electron chi connectivity index (χ1n) is 9.15. The number of hydrogen-bond acceptors (Lipinski definition) is 5. The van der Waals surface area contributed by atoms with Crippen LogP contribution in [0.15, 0.2) is 27.6 Å². The number of likely N-dealkylation sites (tertiary alicyclic amines) is 1. The summed E-state index contributed by atoms with van der Waals surface area (Å²) in [4.78, 5) is 14.1. The average molecular weight is 409 g/mol. The molecule has 9 heteroatoms. The van der Waals surface area contributed by atoms with E-state index in [1.807, 2.05) is 6.92 Å². The molecule has 0 saturated carbocycles. The highest BCUT2D eigenvalue weighted by Crippen LogP contribution is 2.22. The molecule has 1 aliphatic rings. The van der Waals surface area contributed by atoms with E-state index >= 15 is 0 Å². The fourth-order valence-electron chi connectivity index (χ4n) is 3.39. The van der Waals surface area contributed by atoms with Crippen molar-refractivity contribution in [1.82, 2.24) is 14.8 Å². The van der Waals surface area contributed by atoms with E-state index in [1.54, 1.807) is 18.7 Å². The minimum atomic E-state index is -3.87. The smallest absolute Gasteiger partial charge is 0.241 e. The molecule has 3 rings (SSSR count). The molecule has 0 aliphatic carbocycles. The number of carbonyl (C=O) groups excluding carboxylic acids is 1. The van der Waals surface area contributed by atoms with Crippen molar-refractivity contribution < 1.29 is 22.1 Å². The largest absolute Gasteiger partial charge is 0.361 e. The third-order valence-corrected chi connectivity index (χ3v) is 6.76. The summed E-state index contributed by atoms with van der Waals surface area (Å²) in [5.41, 5.74) is 2.09. The number of benzene rings is 1. The molecular weight excluding hydrogens is 385 g/mol. The van der Waals surface area contributed by atoms with E-state index in [-0.39, 0.29) is 17.2 Å². The summed E-state index contributed by atoms with van der Waals surface area (Å²) >= 11 is 0. The number of rotatable bonds is 5. The van der Waals surface area contributed by atoms with E-state index in [0.717, 1.165) is 17.3 Å². The number of amides is 1. The van der Waals surface area contributed by atoms with Gasteiger partial charge in [-0.1, -0.05) is 11.2 Å². The Labute approximate surface area is 163 Å². The number of carbonyl (C=O) groups is 1. The van der Waals surface area contributed by atoms with Crippen LogP contribution in [0.5, 0.6) is 0 Å². The third kappa shape index (κ3) is 4.41. The Balaban J connectivity index is 1.71. The first kappa shape index (κ1) is 20.5. The SMILES string of the molecule is Cc1ccc(F)cc1S(=O)(=O)NC1CCC(=O)N(Cc2c(C)noc2C)CC1. The molecule has 0 radical (unpaired) electrons. The van der Waals surface area contributed by atoms with Crippen molar-refractivity contribution in [3.05, 3.63) is 46.6 Å². The summed E-state index contributed by atoms with van der Waals surface area (Å²) in [7, 11) is -3.87. The Kier molecular flexibility index (Phi) is 5.85. The lowest BCUT2D eigenvalue weighted by Gasteiger charge is -2.21. The fourth-order valence-corrected chi connectivity index (χ4v) is 4.95. The van der Waals surface area contributed by atoms with Gasteiger partial charge in [0, 0.05) is 24.6 Å². The second-order valence-electron chi connectivity index (χ2n) is 7.17. The molecular formula is C19H24FN3O4S. The Bertz CT molecular complexity index is 968. The molecule has 2 heterocycles. The molecule has 1 atom stereocenters. The predicted octanol–water partition coefficient (Wildman–Crippen LogP) is 2.60. The first-order chi connectivity index (χ1) is 13.2. The van der Waals surface area contributed by atoms with E-state index in [0.29, 0.717) is 37.3 Å². The monoisotopic (exact) mass is 409 g/mol. The van der Waals surface area contributed by atoms with Gasteiger partial charge in [0.1, 0.15) is 11.6 Å². The van der Waals surface area contributed by atoms with Crippen LogP contribution in [-0.4, -0.2) is 37.0 Å². The lowest BCUT2D eigenvalue weighted by Crippen LogP contribution is -2.36. The molecule has 0 spiro atoms. The van der Waals surface area contributed by atoms with Crippen LogP contribution in [0.4, 0.5) is 4.39 Å². The topological polar surface area (TPSA) is 92.5 Å². The van der Waals surface area contributed by atoms with E-state index in [4.69, 9.17) is 4.52 Å². The summed E-state index contributed by atoms with van der Waals surface area (Å²) in [6.45, 7) is 6.05. The number of aromatic nitrogens is 1. The van der Waals surface area contributed by atoms with Gasteiger partial charge in [0.05, 0.1) is 17.1 Å². The number of nitrogens with one attached hydrogen (secondary N) is 1. The molecule has 1 amide bonds. The van der Waals surface area contributed by atoms with Gasteiger partial charge in [-0.05, 0) is 51.3 Å². The van der Waals surface area contributed by atoms with Crippen LogP contribution in [0.1, 0.15) is 41.8 Å². The third-order valence-electron chi connectivity index (χ3n) is 5.10. The molecule has 1 aromatic heterocycles. The van der Waals surface area contributed by atoms with Gasteiger partial charge in [0.15, 0.2) is 0 Å². The molecule has 0 bridgehead atoms. The highest BCUT2D eigenvalue weighted by atomic mass is 32.2. The number of halogens is 1. The van der Waals surface area contributed by atoms with Crippen LogP contribution < -0.4 is 4.72 Å². The Morgan fingerprint density at radius 2 is 2.04 bits per heavy atom. The predicted molar refractivity (Wildman–Crippen MR) is 100 cm³/mol. The zero-order valence-corrected chi connectivity index (χ0v) is 17.0. The lowest BCUT2D eigenvalue weighted by molar-refractivity contribution is -0.131. The van der Waals surface area contributed by atoms with Crippen molar-refractivity contribution in [3.8, 4) is 0 Å². The molecule has 1 aromatic carbocycles. The van der Waals surface area contributed by atoms with Gasteiger partial charge in [-0.3, -0.25) is 4.79 Å². The van der Waals surface area contributed by atoms with Gasteiger partial charge >= 0.3 is 0 Å². The van der Waals surface area contributed by atoms with Crippen LogP contribution in [0, 0.1) is 26.6 Å². The van der Waals surface area contributed by atoms with Gasteiger partial charge < -0.3 is 9.42 Å². The molecule has 1 unspecified atom stereocenters. The second kappa shape index (κ2) is 8.00. The van der Waals surface area contributed by atoms with Crippen molar-refractivity contribution in [2.75, 3.05) is 6.54 Å².